The third-order valence-electron chi connectivity index (χ3n) is 2.88. The van der Waals surface area contributed by atoms with E-state index in [0.29, 0.717) is 5.92 Å². The van der Waals surface area contributed by atoms with Gasteiger partial charge in [0.15, 0.2) is 0 Å². The molecule has 1 aromatic rings. The van der Waals surface area contributed by atoms with E-state index in [9.17, 15) is 4.79 Å². The molecule has 0 aliphatic carbocycles. The van der Waals surface area contributed by atoms with Crippen LogP contribution in [0.4, 0.5) is 5.00 Å². The Morgan fingerprint density at radius 3 is 3.15 bits per heavy atom. The predicted molar refractivity (Wildman–Crippen MR) is 52.0 cm³/mol. The number of amides is 1. The maximum absolute atomic E-state index is 11.6. The average Bonchev–Trinajstić information content (AvgIpc) is 2.66. The number of carbonyl (C=O) groups is 1. The predicted octanol–water partition coefficient (Wildman–Crippen LogP) is 1.00. The molecule has 1 fully saturated rings. The van der Waals surface area contributed by atoms with Crippen LogP contribution >= 0.6 is 11.3 Å². The molecule has 3 heterocycles. The highest BCUT2D eigenvalue weighted by Gasteiger charge is 2.39. The van der Waals surface area contributed by atoms with E-state index in [-0.39, 0.29) is 11.8 Å². The zero-order chi connectivity index (χ0) is 8.84. The molecule has 0 spiro atoms. The highest BCUT2D eigenvalue weighted by atomic mass is 32.1. The molecular formula is C9H10N2OS. The Bertz CT molecular complexity index is 360. The lowest BCUT2D eigenvalue weighted by Crippen LogP contribution is -2.31. The summed E-state index contributed by atoms with van der Waals surface area (Å²) < 4.78 is 0. The maximum Gasteiger partial charge on any atom is 0.230 e. The van der Waals surface area contributed by atoms with Gasteiger partial charge in [-0.1, -0.05) is 0 Å². The van der Waals surface area contributed by atoms with E-state index in [1.165, 1.54) is 5.56 Å². The number of rotatable bonds is 0. The van der Waals surface area contributed by atoms with Gasteiger partial charge in [0.05, 0.1) is 10.9 Å². The number of hydrogen-bond acceptors (Lipinski definition) is 3. The monoisotopic (exact) mass is 194 g/mol. The van der Waals surface area contributed by atoms with E-state index >= 15 is 0 Å². The second-order valence-electron chi connectivity index (χ2n) is 3.57. The van der Waals surface area contributed by atoms with Gasteiger partial charge in [0.25, 0.3) is 0 Å². The van der Waals surface area contributed by atoms with E-state index in [0.717, 1.165) is 18.1 Å². The van der Waals surface area contributed by atoms with Crippen molar-refractivity contribution in [2.75, 3.05) is 18.4 Å². The molecule has 2 atom stereocenters. The van der Waals surface area contributed by atoms with Gasteiger partial charge in [0.1, 0.15) is 0 Å². The van der Waals surface area contributed by atoms with Crippen molar-refractivity contribution in [3.05, 3.63) is 17.0 Å². The normalized spacial score (nSPS) is 30.9. The third-order valence-corrected chi connectivity index (χ3v) is 3.73. The van der Waals surface area contributed by atoms with Crippen LogP contribution in [0.3, 0.4) is 0 Å². The number of thiophene rings is 1. The SMILES string of the molecule is O=C1Nc2sccc2[C@@H]2CNC[C@@H]12. The van der Waals surface area contributed by atoms with Crippen LogP contribution in [0.15, 0.2) is 11.4 Å². The van der Waals surface area contributed by atoms with Crippen molar-refractivity contribution in [1.82, 2.24) is 5.32 Å². The van der Waals surface area contributed by atoms with Crippen LogP contribution in [0, 0.1) is 5.92 Å². The van der Waals surface area contributed by atoms with Gasteiger partial charge in [-0.2, -0.15) is 0 Å². The summed E-state index contributed by atoms with van der Waals surface area (Å²) in [5.74, 6) is 0.752. The lowest BCUT2D eigenvalue weighted by Gasteiger charge is -2.24. The Morgan fingerprint density at radius 1 is 1.38 bits per heavy atom. The third kappa shape index (κ3) is 0.957. The number of carbonyl (C=O) groups excluding carboxylic acids is 1. The maximum atomic E-state index is 11.6. The fourth-order valence-corrected chi connectivity index (χ4v) is 3.06. The van der Waals surface area contributed by atoms with Gasteiger partial charge < -0.3 is 10.6 Å². The molecule has 1 aromatic heterocycles. The van der Waals surface area contributed by atoms with Crippen LogP contribution in [-0.4, -0.2) is 19.0 Å². The molecule has 0 bridgehead atoms. The van der Waals surface area contributed by atoms with Crippen molar-refractivity contribution in [2.45, 2.75) is 5.92 Å². The van der Waals surface area contributed by atoms with Crippen LogP contribution in [0.5, 0.6) is 0 Å². The van der Waals surface area contributed by atoms with Gasteiger partial charge in [-0.05, 0) is 17.0 Å². The first-order valence-corrected chi connectivity index (χ1v) is 5.33. The molecule has 2 aliphatic rings. The Morgan fingerprint density at radius 2 is 2.23 bits per heavy atom. The highest BCUT2D eigenvalue weighted by molar-refractivity contribution is 7.14. The molecule has 3 nitrogen and oxygen atoms in total. The van der Waals surface area contributed by atoms with Gasteiger partial charge in [-0.25, -0.2) is 0 Å². The van der Waals surface area contributed by atoms with Crippen molar-refractivity contribution in [3.8, 4) is 0 Å². The second-order valence-corrected chi connectivity index (χ2v) is 4.48. The standard InChI is InChI=1S/C9H10N2OS/c12-8-7-4-10-3-6(7)5-1-2-13-9(5)11-8/h1-2,6-7,10H,3-4H2,(H,11,12)/t6-,7+/m0/s1. The number of anilines is 1. The highest BCUT2D eigenvalue weighted by Crippen LogP contribution is 2.40. The molecular weight excluding hydrogens is 184 g/mol. The molecule has 0 aromatic carbocycles. The molecule has 0 unspecified atom stereocenters. The van der Waals surface area contributed by atoms with Gasteiger partial charge in [0, 0.05) is 19.0 Å². The van der Waals surface area contributed by atoms with Crippen LogP contribution in [0.25, 0.3) is 0 Å². The molecule has 1 saturated heterocycles. The van der Waals surface area contributed by atoms with Crippen LogP contribution in [0.2, 0.25) is 0 Å². The first kappa shape index (κ1) is 7.53. The summed E-state index contributed by atoms with van der Waals surface area (Å²) in [5.41, 5.74) is 1.32. The van der Waals surface area contributed by atoms with E-state index < -0.39 is 0 Å². The van der Waals surface area contributed by atoms with E-state index in [2.05, 4.69) is 16.7 Å². The van der Waals surface area contributed by atoms with Gasteiger partial charge >= 0.3 is 0 Å². The summed E-state index contributed by atoms with van der Waals surface area (Å²) in [4.78, 5) is 11.6. The van der Waals surface area contributed by atoms with Crippen molar-refractivity contribution in [1.29, 1.82) is 0 Å². The minimum Gasteiger partial charge on any atom is -0.317 e. The molecule has 13 heavy (non-hydrogen) atoms. The van der Waals surface area contributed by atoms with E-state index in [1.54, 1.807) is 11.3 Å². The lowest BCUT2D eigenvalue weighted by molar-refractivity contribution is -0.120. The van der Waals surface area contributed by atoms with Crippen LogP contribution < -0.4 is 10.6 Å². The molecule has 3 rings (SSSR count). The molecule has 1 amide bonds. The molecule has 0 saturated carbocycles. The molecule has 68 valence electrons. The summed E-state index contributed by atoms with van der Waals surface area (Å²) >= 11 is 1.62. The zero-order valence-corrected chi connectivity index (χ0v) is 7.86. The molecule has 2 aliphatic heterocycles. The van der Waals surface area contributed by atoms with Crippen LogP contribution in [0.1, 0.15) is 11.5 Å². The van der Waals surface area contributed by atoms with Crippen molar-refractivity contribution < 1.29 is 4.79 Å². The molecule has 0 radical (unpaired) electrons. The van der Waals surface area contributed by atoms with E-state index in [1.807, 2.05) is 5.38 Å². The molecule has 4 heteroatoms. The van der Waals surface area contributed by atoms with Crippen molar-refractivity contribution in [2.24, 2.45) is 5.92 Å². The smallest absolute Gasteiger partial charge is 0.230 e. The minimum atomic E-state index is 0.155. The summed E-state index contributed by atoms with van der Waals surface area (Å²) in [6.07, 6.45) is 0. The van der Waals surface area contributed by atoms with Crippen LogP contribution in [-0.2, 0) is 4.79 Å². The Balaban J connectivity index is 2.10. The summed E-state index contributed by atoms with van der Waals surface area (Å²) in [6.45, 7) is 1.77. The number of fused-ring (bicyclic) bond motifs is 3. The first-order valence-electron chi connectivity index (χ1n) is 4.45. The van der Waals surface area contributed by atoms with Gasteiger partial charge in [0.2, 0.25) is 5.91 Å². The van der Waals surface area contributed by atoms with Crippen molar-refractivity contribution >= 4 is 22.2 Å². The van der Waals surface area contributed by atoms with Gasteiger partial charge in [-0.15, -0.1) is 11.3 Å². The first-order chi connectivity index (χ1) is 6.36. The summed E-state index contributed by atoms with van der Waals surface area (Å²) in [5, 5.41) is 9.32. The fraction of sp³-hybridized carbons (Fsp3) is 0.444. The average molecular weight is 194 g/mol. The molecule has 2 N–H and O–H groups in total. The Kier molecular flexibility index (Phi) is 1.48. The Labute approximate surface area is 80.1 Å². The minimum absolute atomic E-state index is 0.155. The number of nitrogens with one attached hydrogen (secondary N) is 2. The van der Waals surface area contributed by atoms with E-state index in [4.69, 9.17) is 0 Å². The summed E-state index contributed by atoms with van der Waals surface area (Å²) in [7, 11) is 0. The topological polar surface area (TPSA) is 41.1 Å². The Hall–Kier alpha value is -0.870. The summed E-state index contributed by atoms with van der Waals surface area (Å²) in [6, 6.07) is 2.13. The lowest BCUT2D eigenvalue weighted by atomic mass is 9.87. The zero-order valence-electron chi connectivity index (χ0n) is 7.04. The van der Waals surface area contributed by atoms with Crippen molar-refractivity contribution in [3.63, 3.8) is 0 Å². The quantitative estimate of drug-likeness (QED) is 0.647. The number of hydrogen-bond donors (Lipinski definition) is 2. The fourth-order valence-electron chi connectivity index (χ4n) is 2.20. The van der Waals surface area contributed by atoms with Gasteiger partial charge in [-0.3, -0.25) is 4.79 Å². The second kappa shape index (κ2) is 2.56. The largest absolute Gasteiger partial charge is 0.317 e.